The first kappa shape index (κ1) is 17.5. The minimum atomic E-state index is 0.411. The zero-order valence-electron chi connectivity index (χ0n) is 14.8. The lowest BCUT2D eigenvalue weighted by molar-refractivity contribution is 0.111. The van der Waals surface area contributed by atoms with Gasteiger partial charge in [0.2, 0.25) is 0 Å². The summed E-state index contributed by atoms with van der Waals surface area (Å²) in [5, 5.41) is 0. The van der Waals surface area contributed by atoms with Gasteiger partial charge in [0.1, 0.15) is 23.9 Å². The molecule has 0 aliphatic carbocycles. The molecule has 0 aliphatic heterocycles. The maximum absolute atomic E-state index is 11.5. The summed E-state index contributed by atoms with van der Waals surface area (Å²) in [5.74, 6) is 1.94. The van der Waals surface area contributed by atoms with Crippen molar-refractivity contribution in [2.75, 3.05) is 14.2 Å². The van der Waals surface area contributed by atoms with Crippen molar-refractivity contribution in [2.45, 2.75) is 6.61 Å². The van der Waals surface area contributed by atoms with Crippen LogP contribution in [0.2, 0.25) is 0 Å². The molecule has 132 valence electrons. The maximum atomic E-state index is 11.5. The number of hydrogen-bond donors (Lipinski definition) is 0. The van der Waals surface area contributed by atoms with E-state index in [-0.39, 0.29) is 0 Å². The lowest BCUT2D eigenvalue weighted by Crippen LogP contribution is -1.98. The summed E-state index contributed by atoms with van der Waals surface area (Å²) in [6.45, 7) is 0.411. The van der Waals surface area contributed by atoms with Crippen molar-refractivity contribution in [1.82, 2.24) is 0 Å². The normalized spacial score (nSPS) is 10.2. The van der Waals surface area contributed by atoms with Crippen molar-refractivity contribution in [3.63, 3.8) is 0 Å². The van der Waals surface area contributed by atoms with Gasteiger partial charge < -0.3 is 14.2 Å². The molecule has 3 aromatic rings. The van der Waals surface area contributed by atoms with Crippen molar-refractivity contribution < 1.29 is 19.0 Å². The number of ether oxygens (including phenoxy) is 3. The third-order valence-corrected chi connectivity index (χ3v) is 4.06. The highest BCUT2D eigenvalue weighted by Crippen LogP contribution is 2.32. The van der Waals surface area contributed by atoms with Gasteiger partial charge in [0.25, 0.3) is 0 Å². The number of carbonyl (C=O) groups is 1. The van der Waals surface area contributed by atoms with Crippen LogP contribution in [0.1, 0.15) is 15.9 Å². The van der Waals surface area contributed by atoms with Gasteiger partial charge in [-0.15, -0.1) is 0 Å². The van der Waals surface area contributed by atoms with Gasteiger partial charge in [0.15, 0.2) is 6.29 Å². The van der Waals surface area contributed by atoms with E-state index in [1.54, 1.807) is 14.2 Å². The first-order chi connectivity index (χ1) is 12.7. The highest BCUT2D eigenvalue weighted by atomic mass is 16.5. The van der Waals surface area contributed by atoms with E-state index in [0.29, 0.717) is 29.4 Å². The Morgan fingerprint density at radius 3 is 2.12 bits per heavy atom. The van der Waals surface area contributed by atoms with Crippen LogP contribution in [0.4, 0.5) is 0 Å². The lowest BCUT2D eigenvalue weighted by atomic mass is 10.0. The first-order valence-electron chi connectivity index (χ1n) is 8.23. The quantitative estimate of drug-likeness (QED) is 0.577. The standard InChI is InChI=1S/C22H20O4/c1-24-20-11-18(12-21(13-20)25-2)17-8-9-22(19(10-17)14-23)26-15-16-6-4-3-5-7-16/h3-14H,15H2,1-2H3. The van der Waals surface area contributed by atoms with E-state index in [4.69, 9.17) is 14.2 Å². The van der Waals surface area contributed by atoms with E-state index in [0.717, 1.165) is 23.0 Å². The molecule has 3 aromatic carbocycles. The van der Waals surface area contributed by atoms with Crippen LogP contribution < -0.4 is 14.2 Å². The fourth-order valence-electron chi connectivity index (χ4n) is 2.66. The fraction of sp³-hybridized carbons (Fsp3) is 0.136. The predicted octanol–water partition coefficient (Wildman–Crippen LogP) is 4.76. The monoisotopic (exact) mass is 348 g/mol. The highest BCUT2D eigenvalue weighted by molar-refractivity contribution is 5.83. The Morgan fingerprint density at radius 2 is 1.50 bits per heavy atom. The third kappa shape index (κ3) is 4.03. The smallest absolute Gasteiger partial charge is 0.153 e. The average Bonchev–Trinajstić information content (AvgIpc) is 2.72. The molecule has 0 radical (unpaired) electrons. The molecule has 0 heterocycles. The van der Waals surface area contributed by atoms with Crippen LogP contribution in [0.3, 0.4) is 0 Å². The molecule has 26 heavy (non-hydrogen) atoms. The molecule has 4 nitrogen and oxygen atoms in total. The third-order valence-electron chi connectivity index (χ3n) is 4.06. The van der Waals surface area contributed by atoms with Gasteiger partial charge >= 0.3 is 0 Å². The summed E-state index contributed by atoms with van der Waals surface area (Å²) in [4.78, 5) is 11.5. The molecule has 0 aromatic heterocycles. The van der Waals surface area contributed by atoms with Crippen LogP contribution in [-0.2, 0) is 6.61 Å². The minimum Gasteiger partial charge on any atom is -0.497 e. The summed E-state index contributed by atoms with van der Waals surface area (Å²) in [6, 6.07) is 21.0. The van der Waals surface area contributed by atoms with Crippen molar-refractivity contribution in [3.05, 3.63) is 77.9 Å². The van der Waals surface area contributed by atoms with Crippen LogP contribution in [0.15, 0.2) is 66.7 Å². The predicted molar refractivity (Wildman–Crippen MR) is 101 cm³/mol. The molecule has 0 saturated carbocycles. The Balaban J connectivity index is 1.88. The number of carbonyl (C=O) groups excluding carboxylic acids is 1. The summed E-state index contributed by atoms with van der Waals surface area (Å²) >= 11 is 0. The van der Waals surface area contributed by atoms with Gasteiger partial charge in [-0.05, 0) is 41.0 Å². The summed E-state index contributed by atoms with van der Waals surface area (Å²) in [7, 11) is 3.21. The Bertz CT molecular complexity index is 866. The average molecular weight is 348 g/mol. The molecule has 0 amide bonds. The molecule has 4 heteroatoms. The Hall–Kier alpha value is -3.27. The number of benzene rings is 3. The van der Waals surface area contributed by atoms with Crippen LogP contribution in [0.25, 0.3) is 11.1 Å². The molecule has 0 aliphatic rings. The zero-order valence-corrected chi connectivity index (χ0v) is 14.8. The molecular formula is C22H20O4. The van der Waals surface area contributed by atoms with Crippen LogP contribution in [-0.4, -0.2) is 20.5 Å². The minimum absolute atomic E-state index is 0.411. The fourth-order valence-corrected chi connectivity index (χ4v) is 2.66. The molecule has 0 spiro atoms. The molecule has 0 saturated heterocycles. The molecule has 0 fully saturated rings. The van der Waals surface area contributed by atoms with Gasteiger partial charge in [-0.25, -0.2) is 0 Å². The number of methoxy groups -OCH3 is 2. The first-order valence-corrected chi connectivity index (χ1v) is 8.23. The van der Waals surface area contributed by atoms with Crippen LogP contribution in [0.5, 0.6) is 17.2 Å². The molecule has 0 N–H and O–H groups in total. The molecule has 0 bridgehead atoms. The number of aldehydes is 1. The van der Waals surface area contributed by atoms with E-state index < -0.39 is 0 Å². The lowest BCUT2D eigenvalue weighted by Gasteiger charge is -2.12. The maximum Gasteiger partial charge on any atom is 0.153 e. The second-order valence-corrected chi connectivity index (χ2v) is 5.75. The second kappa shape index (κ2) is 8.21. The highest BCUT2D eigenvalue weighted by Gasteiger charge is 2.09. The van der Waals surface area contributed by atoms with Gasteiger partial charge in [-0.3, -0.25) is 4.79 Å². The summed E-state index contributed by atoms with van der Waals surface area (Å²) < 4.78 is 16.4. The van der Waals surface area contributed by atoms with Gasteiger partial charge in [-0.1, -0.05) is 36.4 Å². The molecule has 3 rings (SSSR count). The Labute approximate surface area is 153 Å². The SMILES string of the molecule is COc1cc(OC)cc(-c2ccc(OCc3ccccc3)c(C=O)c2)c1. The molecular weight excluding hydrogens is 328 g/mol. The number of rotatable bonds is 7. The summed E-state index contributed by atoms with van der Waals surface area (Å²) in [5.41, 5.74) is 3.33. The van der Waals surface area contributed by atoms with Crippen molar-refractivity contribution in [2.24, 2.45) is 0 Å². The van der Waals surface area contributed by atoms with E-state index in [9.17, 15) is 4.79 Å². The van der Waals surface area contributed by atoms with E-state index >= 15 is 0 Å². The van der Waals surface area contributed by atoms with Crippen molar-refractivity contribution >= 4 is 6.29 Å². The molecule has 0 atom stereocenters. The second-order valence-electron chi connectivity index (χ2n) is 5.75. The van der Waals surface area contributed by atoms with Crippen molar-refractivity contribution in [1.29, 1.82) is 0 Å². The van der Waals surface area contributed by atoms with Crippen LogP contribution >= 0.6 is 0 Å². The largest absolute Gasteiger partial charge is 0.497 e. The van der Waals surface area contributed by atoms with E-state index in [2.05, 4.69) is 0 Å². The Kier molecular flexibility index (Phi) is 5.54. The Morgan fingerprint density at radius 1 is 0.808 bits per heavy atom. The van der Waals surface area contributed by atoms with Gasteiger partial charge in [-0.2, -0.15) is 0 Å². The van der Waals surface area contributed by atoms with Crippen molar-refractivity contribution in [3.8, 4) is 28.4 Å². The topological polar surface area (TPSA) is 44.8 Å². The van der Waals surface area contributed by atoms with Gasteiger partial charge in [0, 0.05) is 6.07 Å². The molecule has 0 unspecified atom stereocenters. The zero-order chi connectivity index (χ0) is 18.4. The van der Waals surface area contributed by atoms with E-state index in [1.165, 1.54) is 0 Å². The van der Waals surface area contributed by atoms with Crippen LogP contribution in [0, 0.1) is 0 Å². The number of hydrogen-bond acceptors (Lipinski definition) is 4. The summed E-state index contributed by atoms with van der Waals surface area (Å²) in [6.07, 6.45) is 0.807. The van der Waals surface area contributed by atoms with E-state index in [1.807, 2.05) is 66.7 Å². The van der Waals surface area contributed by atoms with Gasteiger partial charge in [0.05, 0.1) is 19.8 Å².